The van der Waals surface area contributed by atoms with Crippen molar-refractivity contribution in [3.05, 3.63) is 11.1 Å². The molecule has 0 aliphatic heterocycles. The van der Waals surface area contributed by atoms with Gasteiger partial charge >= 0.3 is 13.8 Å². The van der Waals surface area contributed by atoms with E-state index in [0.29, 0.717) is 12.8 Å². The van der Waals surface area contributed by atoms with Gasteiger partial charge in [0.2, 0.25) is 0 Å². The highest BCUT2D eigenvalue weighted by molar-refractivity contribution is 7.54. The Bertz CT molecular complexity index is 341. The number of hydrogen-bond donors (Lipinski definition) is 0. The van der Waals surface area contributed by atoms with Crippen molar-refractivity contribution in [2.45, 2.75) is 46.7 Å². The molecule has 3 nitrogen and oxygen atoms in total. The third-order valence-electron chi connectivity index (χ3n) is 2.49. The van der Waals surface area contributed by atoms with Gasteiger partial charge in [-0.05, 0) is 27.2 Å². The largest absolute Gasteiger partial charge is 0.413 e. The van der Waals surface area contributed by atoms with Crippen LogP contribution in [0.2, 0.25) is 0 Å². The van der Waals surface area contributed by atoms with Crippen LogP contribution in [0.3, 0.4) is 0 Å². The predicted octanol–water partition coefficient (Wildman–Crippen LogP) is 4.93. The van der Waals surface area contributed by atoms with E-state index >= 15 is 0 Å². The van der Waals surface area contributed by atoms with E-state index in [1.807, 2.05) is 0 Å². The highest BCUT2D eigenvalue weighted by Gasteiger charge is 2.40. The molecule has 0 heterocycles. The Morgan fingerprint density at radius 3 is 1.89 bits per heavy atom. The SMILES string of the molecule is CCC/C(C)=C(\CP(=O)(OCC)OCC)C(F)(F)F. The van der Waals surface area contributed by atoms with Gasteiger partial charge in [0, 0.05) is 5.57 Å². The third kappa shape index (κ3) is 6.59. The first-order chi connectivity index (χ1) is 8.70. The van der Waals surface area contributed by atoms with Crippen LogP contribution >= 0.6 is 7.60 Å². The molecule has 0 N–H and O–H groups in total. The molecule has 0 amide bonds. The van der Waals surface area contributed by atoms with Crippen LogP contribution in [0.4, 0.5) is 13.2 Å². The topological polar surface area (TPSA) is 35.5 Å². The summed E-state index contributed by atoms with van der Waals surface area (Å²) in [6.45, 7) is 6.45. The van der Waals surface area contributed by atoms with Gasteiger partial charge in [0.25, 0.3) is 0 Å². The standard InChI is InChI=1S/C12H22F3O3P/c1-5-8-10(4)11(12(13,14)15)9-19(16,17-6-2)18-7-3/h5-9H2,1-4H3/b11-10+. The third-order valence-corrected chi connectivity index (χ3v) is 4.49. The minimum atomic E-state index is -4.51. The molecule has 0 aromatic heterocycles. The van der Waals surface area contributed by atoms with E-state index in [0.717, 1.165) is 0 Å². The van der Waals surface area contributed by atoms with Crippen molar-refractivity contribution in [1.82, 2.24) is 0 Å². The number of rotatable bonds is 8. The van der Waals surface area contributed by atoms with Crippen LogP contribution in [-0.2, 0) is 13.6 Å². The molecule has 0 bridgehead atoms. The normalized spacial score (nSPS) is 14.5. The molecule has 0 aliphatic rings. The fourth-order valence-electron chi connectivity index (χ4n) is 1.71. The average molecular weight is 302 g/mol. The van der Waals surface area contributed by atoms with E-state index in [2.05, 4.69) is 0 Å². The summed E-state index contributed by atoms with van der Waals surface area (Å²) in [7, 11) is -3.73. The molecule has 114 valence electrons. The van der Waals surface area contributed by atoms with Crippen LogP contribution in [0.15, 0.2) is 11.1 Å². The number of allylic oxidation sites excluding steroid dienone is 2. The van der Waals surface area contributed by atoms with Crippen LogP contribution in [0.25, 0.3) is 0 Å². The van der Waals surface area contributed by atoms with Gasteiger partial charge < -0.3 is 9.05 Å². The molecule has 0 radical (unpaired) electrons. The molecule has 0 spiro atoms. The lowest BCUT2D eigenvalue weighted by molar-refractivity contribution is -0.0924. The van der Waals surface area contributed by atoms with Gasteiger partial charge in [0.15, 0.2) is 0 Å². The van der Waals surface area contributed by atoms with Gasteiger partial charge in [-0.2, -0.15) is 13.2 Å². The quantitative estimate of drug-likeness (QED) is 0.471. The van der Waals surface area contributed by atoms with Gasteiger partial charge in [0.1, 0.15) is 0 Å². The molecular weight excluding hydrogens is 280 g/mol. The zero-order valence-electron chi connectivity index (χ0n) is 11.8. The van der Waals surface area contributed by atoms with Crippen molar-refractivity contribution in [2.75, 3.05) is 19.4 Å². The highest BCUT2D eigenvalue weighted by Crippen LogP contribution is 2.52. The molecule has 0 unspecified atom stereocenters. The summed E-state index contributed by atoms with van der Waals surface area (Å²) in [5.41, 5.74) is -0.603. The second-order valence-corrected chi connectivity index (χ2v) is 6.17. The van der Waals surface area contributed by atoms with E-state index in [-0.39, 0.29) is 18.8 Å². The van der Waals surface area contributed by atoms with E-state index in [9.17, 15) is 17.7 Å². The molecule has 0 rings (SSSR count). The van der Waals surface area contributed by atoms with Crippen molar-refractivity contribution in [3.63, 3.8) is 0 Å². The molecule has 0 saturated carbocycles. The second-order valence-electron chi connectivity index (χ2n) is 4.11. The van der Waals surface area contributed by atoms with E-state index in [4.69, 9.17) is 9.05 Å². The van der Waals surface area contributed by atoms with Crippen LogP contribution in [0.1, 0.15) is 40.5 Å². The molecule has 0 atom stereocenters. The highest BCUT2D eigenvalue weighted by atomic mass is 31.2. The summed E-state index contributed by atoms with van der Waals surface area (Å²) >= 11 is 0. The minimum Gasteiger partial charge on any atom is -0.309 e. The first kappa shape index (κ1) is 18.7. The summed E-state index contributed by atoms with van der Waals surface area (Å²) < 4.78 is 61.1. The Balaban J connectivity index is 5.31. The number of alkyl halides is 3. The second kappa shape index (κ2) is 8.08. The van der Waals surface area contributed by atoms with E-state index < -0.39 is 25.5 Å². The van der Waals surface area contributed by atoms with Crippen molar-refractivity contribution >= 4 is 7.60 Å². The maximum absolute atomic E-state index is 13.0. The van der Waals surface area contributed by atoms with E-state index in [1.165, 1.54) is 6.92 Å². The fraction of sp³-hybridized carbons (Fsp3) is 0.833. The Hall–Kier alpha value is -0.320. The number of halogens is 3. The monoisotopic (exact) mass is 302 g/mol. The Labute approximate surface area is 112 Å². The Morgan fingerprint density at radius 2 is 1.58 bits per heavy atom. The summed E-state index contributed by atoms with van der Waals surface area (Å²) in [4.78, 5) is 0. The summed E-state index contributed by atoms with van der Waals surface area (Å²) in [5.74, 6) is 0. The molecule has 0 aliphatic carbocycles. The maximum Gasteiger partial charge on any atom is 0.413 e. The maximum atomic E-state index is 13.0. The Morgan fingerprint density at radius 1 is 1.11 bits per heavy atom. The van der Waals surface area contributed by atoms with Gasteiger partial charge in [-0.3, -0.25) is 4.57 Å². The number of hydrogen-bond acceptors (Lipinski definition) is 3. The first-order valence-corrected chi connectivity index (χ1v) is 8.06. The first-order valence-electron chi connectivity index (χ1n) is 6.34. The Kier molecular flexibility index (Phi) is 7.94. The fourth-order valence-corrected chi connectivity index (χ4v) is 3.59. The van der Waals surface area contributed by atoms with Crippen molar-refractivity contribution in [3.8, 4) is 0 Å². The lowest BCUT2D eigenvalue weighted by Crippen LogP contribution is -2.19. The molecular formula is C12H22F3O3P. The van der Waals surface area contributed by atoms with Crippen molar-refractivity contribution in [2.24, 2.45) is 0 Å². The zero-order chi connectivity index (χ0) is 15.1. The average Bonchev–Trinajstić information content (AvgIpc) is 2.25. The smallest absolute Gasteiger partial charge is 0.309 e. The molecule has 0 aromatic carbocycles. The lowest BCUT2D eigenvalue weighted by atomic mass is 10.1. The van der Waals surface area contributed by atoms with Crippen LogP contribution < -0.4 is 0 Å². The molecule has 0 fully saturated rings. The van der Waals surface area contributed by atoms with Gasteiger partial charge in [0.05, 0.1) is 19.4 Å². The van der Waals surface area contributed by atoms with Crippen molar-refractivity contribution in [1.29, 1.82) is 0 Å². The van der Waals surface area contributed by atoms with E-state index in [1.54, 1.807) is 20.8 Å². The molecule has 0 saturated heterocycles. The van der Waals surface area contributed by atoms with Gasteiger partial charge in [-0.15, -0.1) is 0 Å². The molecule has 19 heavy (non-hydrogen) atoms. The van der Waals surface area contributed by atoms with Crippen LogP contribution in [-0.4, -0.2) is 25.6 Å². The summed E-state index contributed by atoms with van der Waals surface area (Å²) in [5, 5.41) is 0. The molecule has 7 heteroatoms. The minimum absolute atomic E-state index is 0.0508. The lowest BCUT2D eigenvalue weighted by Gasteiger charge is -2.21. The van der Waals surface area contributed by atoms with Crippen molar-refractivity contribution < 1.29 is 26.8 Å². The van der Waals surface area contributed by atoms with Gasteiger partial charge in [-0.1, -0.05) is 18.9 Å². The summed E-state index contributed by atoms with van der Waals surface area (Å²) in [6, 6.07) is 0. The van der Waals surface area contributed by atoms with Gasteiger partial charge in [-0.25, -0.2) is 0 Å². The van der Waals surface area contributed by atoms with Crippen LogP contribution in [0.5, 0.6) is 0 Å². The summed E-state index contributed by atoms with van der Waals surface area (Å²) in [6.07, 6.45) is -4.32. The predicted molar refractivity (Wildman–Crippen MR) is 69.4 cm³/mol. The molecule has 0 aromatic rings. The van der Waals surface area contributed by atoms with Crippen LogP contribution in [0, 0.1) is 0 Å². The zero-order valence-corrected chi connectivity index (χ0v) is 12.7.